The second-order valence-electron chi connectivity index (χ2n) is 13.1. The Labute approximate surface area is 280 Å². The van der Waals surface area contributed by atoms with Crippen LogP contribution in [0.5, 0.6) is 0 Å². The van der Waals surface area contributed by atoms with Crippen molar-refractivity contribution in [3.63, 3.8) is 0 Å². The maximum Gasteiger partial charge on any atom is 0.0546 e. The fraction of sp³-hybridized carbons (Fsp3) is 0.0667. The molecule has 0 saturated heterocycles. The number of para-hydroxylation sites is 1. The highest BCUT2D eigenvalue weighted by molar-refractivity contribution is 6.31. The monoisotopic (exact) mass is 621 g/mol. The van der Waals surface area contributed by atoms with Crippen molar-refractivity contribution in [3.8, 4) is 22.3 Å². The first-order valence-corrected chi connectivity index (χ1v) is 16.6. The molecule has 0 spiro atoms. The molecule has 1 aliphatic rings. The summed E-state index contributed by atoms with van der Waals surface area (Å²) in [4.78, 5) is 2.36. The number of nitrogens with zero attached hydrogens (tertiary/aromatic N) is 1. The lowest BCUT2D eigenvalue weighted by molar-refractivity contribution is 0.661. The molecule has 0 atom stereocenters. The summed E-state index contributed by atoms with van der Waals surface area (Å²) in [6, 6.07) is 57.0. The van der Waals surface area contributed by atoms with E-state index < -0.39 is 0 Å². The van der Waals surface area contributed by atoms with E-state index in [2.05, 4.69) is 176 Å². The fourth-order valence-corrected chi connectivity index (χ4v) is 8.10. The molecule has 0 bridgehead atoms. The van der Waals surface area contributed by atoms with Crippen LogP contribution in [-0.2, 0) is 5.41 Å². The summed E-state index contributed by atoms with van der Waals surface area (Å²) in [7, 11) is 0. The molecule has 0 fully saturated rings. The van der Waals surface area contributed by atoms with Gasteiger partial charge in [0.15, 0.2) is 0 Å². The SMILES string of the molecule is CC1(C)c2ccccc2-c2c1cc(-c1cc(Cl)cc(N(c3ccccc3)c3cc4ccccc4c4ccccc34)c1)c1ccccc21. The minimum atomic E-state index is -0.119. The zero-order chi connectivity index (χ0) is 31.7. The van der Waals surface area contributed by atoms with Crippen LogP contribution in [0.3, 0.4) is 0 Å². The van der Waals surface area contributed by atoms with Gasteiger partial charge in [0.2, 0.25) is 0 Å². The number of hydrogen-bond acceptors (Lipinski definition) is 1. The first-order valence-electron chi connectivity index (χ1n) is 16.2. The minimum Gasteiger partial charge on any atom is -0.310 e. The number of halogens is 1. The summed E-state index contributed by atoms with van der Waals surface area (Å²) in [6.45, 7) is 4.70. The second kappa shape index (κ2) is 10.6. The van der Waals surface area contributed by atoms with Gasteiger partial charge in [0.25, 0.3) is 0 Å². The van der Waals surface area contributed by atoms with Gasteiger partial charge in [-0.3, -0.25) is 0 Å². The molecule has 8 aromatic rings. The molecule has 9 rings (SSSR count). The maximum absolute atomic E-state index is 7.10. The molecule has 0 aliphatic heterocycles. The van der Waals surface area contributed by atoms with Crippen molar-refractivity contribution in [1.29, 1.82) is 0 Å². The Hall–Kier alpha value is -5.37. The van der Waals surface area contributed by atoms with Crippen LogP contribution in [0.15, 0.2) is 158 Å². The number of anilines is 3. The topological polar surface area (TPSA) is 3.24 Å². The lowest BCUT2D eigenvalue weighted by Crippen LogP contribution is -2.15. The Morgan fingerprint density at radius 2 is 1.11 bits per heavy atom. The highest BCUT2D eigenvalue weighted by Gasteiger charge is 2.37. The van der Waals surface area contributed by atoms with Crippen molar-refractivity contribution in [2.75, 3.05) is 4.90 Å². The molecule has 0 unspecified atom stereocenters. The van der Waals surface area contributed by atoms with Gasteiger partial charge in [0, 0.05) is 27.2 Å². The predicted molar refractivity (Wildman–Crippen MR) is 202 cm³/mol. The van der Waals surface area contributed by atoms with Crippen LogP contribution in [0.1, 0.15) is 25.0 Å². The summed E-state index contributed by atoms with van der Waals surface area (Å²) in [5, 5.41) is 8.09. The van der Waals surface area contributed by atoms with E-state index in [0.29, 0.717) is 5.02 Å². The van der Waals surface area contributed by atoms with Crippen molar-refractivity contribution in [3.05, 3.63) is 174 Å². The van der Waals surface area contributed by atoms with Gasteiger partial charge in [-0.25, -0.2) is 0 Å². The highest BCUT2D eigenvalue weighted by atomic mass is 35.5. The Bertz CT molecular complexity index is 2510. The van der Waals surface area contributed by atoms with Gasteiger partial charge in [-0.1, -0.05) is 141 Å². The minimum absolute atomic E-state index is 0.119. The van der Waals surface area contributed by atoms with Gasteiger partial charge >= 0.3 is 0 Å². The van der Waals surface area contributed by atoms with Crippen molar-refractivity contribution >= 4 is 61.0 Å². The van der Waals surface area contributed by atoms with E-state index in [9.17, 15) is 0 Å². The summed E-state index contributed by atoms with van der Waals surface area (Å²) >= 11 is 7.10. The Morgan fingerprint density at radius 1 is 0.468 bits per heavy atom. The standard InChI is InChI=1S/C45H32ClN/c1-45(2)41-23-13-12-22-39(41)44-38-21-11-9-19-36(38)40(28-42(44)45)30-24-31(46)27-33(25-30)47(32-15-4-3-5-16-32)43-26-29-14-6-7-17-34(29)35-18-8-10-20-37(35)43/h3-28H,1-2H3. The third-order valence-electron chi connectivity index (χ3n) is 10.0. The average molecular weight is 622 g/mol. The third-order valence-corrected chi connectivity index (χ3v) is 10.3. The van der Waals surface area contributed by atoms with Gasteiger partial charge < -0.3 is 4.90 Å². The summed E-state index contributed by atoms with van der Waals surface area (Å²) < 4.78 is 0. The second-order valence-corrected chi connectivity index (χ2v) is 13.5. The number of fused-ring (bicyclic) bond motifs is 8. The van der Waals surface area contributed by atoms with Gasteiger partial charge in [0.1, 0.15) is 0 Å². The fourth-order valence-electron chi connectivity index (χ4n) is 7.87. The van der Waals surface area contributed by atoms with E-state index in [1.54, 1.807) is 0 Å². The zero-order valence-electron chi connectivity index (χ0n) is 26.3. The summed E-state index contributed by atoms with van der Waals surface area (Å²) in [6.07, 6.45) is 0. The van der Waals surface area contributed by atoms with Crippen molar-refractivity contribution in [2.24, 2.45) is 0 Å². The molecule has 47 heavy (non-hydrogen) atoms. The maximum atomic E-state index is 7.10. The predicted octanol–water partition coefficient (Wildman–Crippen LogP) is 13.2. The molecule has 0 N–H and O–H groups in total. The number of benzene rings is 8. The first kappa shape index (κ1) is 27.9. The van der Waals surface area contributed by atoms with E-state index in [-0.39, 0.29) is 5.41 Å². The molecular weight excluding hydrogens is 590 g/mol. The summed E-state index contributed by atoms with van der Waals surface area (Å²) in [5.74, 6) is 0. The lowest BCUT2D eigenvalue weighted by Gasteiger charge is -2.28. The van der Waals surface area contributed by atoms with Crippen molar-refractivity contribution < 1.29 is 0 Å². The van der Waals surface area contributed by atoms with Gasteiger partial charge in [-0.05, 0) is 103 Å². The van der Waals surface area contributed by atoms with Crippen molar-refractivity contribution in [2.45, 2.75) is 19.3 Å². The third kappa shape index (κ3) is 4.31. The van der Waals surface area contributed by atoms with Gasteiger partial charge in [-0.2, -0.15) is 0 Å². The van der Waals surface area contributed by atoms with Crippen LogP contribution in [0.25, 0.3) is 54.6 Å². The molecule has 8 aromatic carbocycles. The smallest absolute Gasteiger partial charge is 0.0546 e. The summed E-state index contributed by atoms with van der Waals surface area (Å²) in [5.41, 5.74) is 10.8. The van der Waals surface area contributed by atoms with E-state index in [1.807, 2.05) is 0 Å². The Morgan fingerprint density at radius 3 is 1.91 bits per heavy atom. The van der Waals surface area contributed by atoms with E-state index in [4.69, 9.17) is 11.6 Å². The molecule has 0 amide bonds. The molecule has 0 aromatic heterocycles. The van der Waals surface area contributed by atoms with Crippen LogP contribution in [0, 0.1) is 0 Å². The quantitative estimate of drug-likeness (QED) is 0.177. The molecule has 2 heteroatoms. The van der Waals surface area contributed by atoms with E-state index >= 15 is 0 Å². The molecular formula is C45H32ClN. The molecule has 0 saturated carbocycles. The molecule has 224 valence electrons. The highest BCUT2D eigenvalue weighted by Crippen LogP contribution is 2.53. The van der Waals surface area contributed by atoms with Crippen LogP contribution in [0.2, 0.25) is 5.02 Å². The normalized spacial score (nSPS) is 13.2. The first-order chi connectivity index (χ1) is 23.0. The number of hydrogen-bond donors (Lipinski definition) is 0. The zero-order valence-corrected chi connectivity index (χ0v) is 27.1. The van der Waals surface area contributed by atoms with Crippen LogP contribution in [0.4, 0.5) is 17.1 Å². The van der Waals surface area contributed by atoms with Crippen LogP contribution >= 0.6 is 11.6 Å². The number of rotatable bonds is 4. The lowest BCUT2D eigenvalue weighted by atomic mass is 9.80. The Balaban J connectivity index is 1.32. The average Bonchev–Trinajstić information content (AvgIpc) is 3.34. The molecule has 0 radical (unpaired) electrons. The van der Waals surface area contributed by atoms with Crippen LogP contribution < -0.4 is 4.90 Å². The molecule has 1 aliphatic carbocycles. The molecule has 0 heterocycles. The van der Waals surface area contributed by atoms with Crippen LogP contribution in [-0.4, -0.2) is 0 Å². The largest absolute Gasteiger partial charge is 0.310 e. The van der Waals surface area contributed by atoms with Crippen molar-refractivity contribution in [1.82, 2.24) is 0 Å². The van der Waals surface area contributed by atoms with E-state index in [1.165, 1.54) is 60.1 Å². The molecule has 1 nitrogen and oxygen atoms in total. The Kier molecular flexibility index (Phi) is 6.29. The van der Waals surface area contributed by atoms with Gasteiger partial charge in [0.05, 0.1) is 5.69 Å². The van der Waals surface area contributed by atoms with E-state index in [0.717, 1.165) is 22.6 Å². The van der Waals surface area contributed by atoms with Gasteiger partial charge in [-0.15, -0.1) is 0 Å².